The van der Waals surface area contributed by atoms with Gasteiger partial charge in [-0.05, 0) is 52.1 Å². The van der Waals surface area contributed by atoms with Gasteiger partial charge in [0.05, 0.1) is 0 Å². The van der Waals surface area contributed by atoms with Gasteiger partial charge in [0, 0.05) is 18.6 Å². The lowest BCUT2D eigenvalue weighted by molar-refractivity contribution is 0.324. The van der Waals surface area contributed by atoms with Crippen molar-refractivity contribution in [1.82, 2.24) is 10.2 Å². The van der Waals surface area contributed by atoms with Crippen molar-refractivity contribution in [3.8, 4) is 0 Å². The minimum atomic E-state index is 0.732. The predicted octanol–water partition coefficient (Wildman–Crippen LogP) is 2.02. The van der Waals surface area contributed by atoms with E-state index in [-0.39, 0.29) is 0 Å². The Morgan fingerprint density at radius 2 is 2.27 bits per heavy atom. The van der Waals surface area contributed by atoms with E-state index in [9.17, 15) is 0 Å². The Bertz CT molecular complexity index is 215. The highest BCUT2D eigenvalue weighted by atomic mass is 15.2. The number of nitrogens with one attached hydrogen (secondary N) is 1. The minimum Gasteiger partial charge on any atom is -0.312 e. The first-order valence-corrected chi connectivity index (χ1v) is 6.34. The average molecular weight is 208 g/mol. The van der Waals surface area contributed by atoms with Crippen LogP contribution in [0, 0.1) is 5.92 Å². The molecule has 2 heteroatoms. The Morgan fingerprint density at radius 1 is 1.40 bits per heavy atom. The lowest BCUT2D eigenvalue weighted by Gasteiger charge is -2.21. The Labute approximate surface area is 93.7 Å². The van der Waals surface area contributed by atoms with Crippen molar-refractivity contribution in [2.45, 2.75) is 44.7 Å². The van der Waals surface area contributed by atoms with Crippen LogP contribution < -0.4 is 5.32 Å². The molecule has 1 heterocycles. The van der Waals surface area contributed by atoms with E-state index < -0.39 is 0 Å². The van der Waals surface area contributed by atoms with E-state index in [1.54, 1.807) is 0 Å². The molecule has 1 aliphatic carbocycles. The van der Waals surface area contributed by atoms with E-state index in [0.29, 0.717) is 0 Å². The van der Waals surface area contributed by atoms with Crippen LogP contribution in [0.25, 0.3) is 0 Å². The Morgan fingerprint density at radius 3 is 2.87 bits per heavy atom. The van der Waals surface area contributed by atoms with Crippen molar-refractivity contribution in [2.75, 3.05) is 20.1 Å². The minimum absolute atomic E-state index is 0.732. The van der Waals surface area contributed by atoms with Gasteiger partial charge in [0.1, 0.15) is 0 Å². The second kappa shape index (κ2) is 5.13. The summed E-state index contributed by atoms with van der Waals surface area (Å²) in [5.41, 5.74) is 0. The summed E-state index contributed by atoms with van der Waals surface area (Å²) < 4.78 is 0. The number of nitrogens with zero attached hydrogens (tertiary/aromatic N) is 1. The molecule has 86 valence electrons. The summed E-state index contributed by atoms with van der Waals surface area (Å²) in [5, 5.41) is 3.74. The number of likely N-dealkylation sites (tertiary alicyclic amines) is 1. The smallest absolute Gasteiger partial charge is 0.0209 e. The molecule has 0 aromatic rings. The van der Waals surface area contributed by atoms with Crippen LogP contribution in [0.3, 0.4) is 0 Å². The summed E-state index contributed by atoms with van der Waals surface area (Å²) in [6, 6.07) is 1.49. The molecule has 2 aliphatic rings. The van der Waals surface area contributed by atoms with Gasteiger partial charge in [-0.1, -0.05) is 12.2 Å². The summed E-state index contributed by atoms with van der Waals surface area (Å²) in [4.78, 5) is 2.46. The van der Waals surface area contributed by atoms with Crippen LogP contribution in [-0.4, -0.2) is 37.1 Å². The van der Waals surface area contributed by atoms with Crippen molar-refractivity contribution < 1.29 is 0 Å². The average Bonchev–Trinajstić information content (AvgIpc) is 2.57. The van der Waals surface area contributed by atoms with E-state index in [1.165, 1.54) is 38.8 Å². The fourth-order valence-corrected chi connectivity index (χ4v) is 2.72. The summed E-state index contributed by atoms with van der Waals surface area (Å²) in [6.45, 7) is 4.77. The third-order valence-electron chi connectivity index (χ3n) is 3.96. The van der Waals surface area contributed by atoms with Crippen LogP contribution in [0.4, 0.5) is 0 Å². The highest BCUT2D eigenvalue weighted by Crippen LogP contribution is 2.19. The van der Waals surface area contributed by atoms with E-state index in [1.807, 2.05) is 0 Å². The molecule has 15 heavy (non-hydrogen) atoms. The highest BCUT2D eigenvalue weighted by molar-refractivity contribution is 4.92. The second-order valence-electron chi connectivity index (χ2n) is 5.28. The summed E-state index contributed by atoms with van der Waals surface area (Å²) >= 11 is 0. The fraction of sp³-hybridized carbons (Fsp3) is 0.846. The molecule has 1 N–H and O–H groups in total. The Kier molecular flexibility index (Phi) is 3.81. The largest absolute Gasteiger partial charge is 0.312 e. The van der Waals surface area contributed by atoms with E-state index in [2.05, 4.69) is 36.3 Å². The Hall–Kier alpha value is -0.340. The molecule has 3 unspecified atom stereocenters. The third-order valence-corrected chi connectivity index (χ3v) is 3.96. The van der Waals surface area contributed by atoms with Gasteiger partial charge in [0.25, 0.3) is 0 Å². The number of allylic oxidation sites excluding steroid dienone is 2. The second-order valence-corrected chi connectivity index (χ2v) is 5.28. The molecule has 0 bridgehead atoms. The number of hydrogen-bond acceptors (Lipinski definition) is 2. The van der Waals surface area contributed by atoms with E-state index in [4.69, 9.17) is 0 Å². The zero-order chi connectivity index (χ0) is 10.7. The van der Waals surface area contributed by atoms with Crippen molar-refractivity contribution >= 4 is 0 Å². The highest BCUT2D eigenvalue weighted by Gasteiger charge is 2.26. The number of hydrogen-bond donors (Lipinski definition) is 1. The fourth-order valence-electron chi connectivity index (χ4n) is 2.72. The van der Waals surface area contributed by atoms with Gasteiger partial charge in [-0.15, -0.1) is 0 Å². The zero-order valence-corrected chi connectivity index (χ0v) is 10.1. The van der Waals surface area contributed by atoms with Gasteiger partial charge in [0.15, 0.2) is 0 Å². The molecule has 2 rings (SSSR count). The first-order valence-electron chi connectivity index (χ1n) is 6.34. The van der Waals surface area contributed by atoms with Crippen molar-refractivity contribution in [3.63, 3.8) is 0 Å². The first-order chi connectivity index (χ1) is 7.25. The molecule has 0 radical (unpaired) electrons. The summed E-state index contributed by atoms with van der Waals surface area (Å²) in [7, 11) is 2.23. The molecular weight excluding hydrogens is 184 g/mol. The van der Waals surface area contributed by atoms with Gasteiger partial charge in [-0.25, -0.2) is 0 Å². The van der Waals surface area contributed by atoms with Gasteiger partial charge in [-0.3, -0.25) is 0 Å². The van der Waals surface area contributed by atoms with E-state index >= 15 is 0 Å². The molecule has 3 atom stereocenters. The van der Waals surface area contributed by atoms with Gasteiger partial charge >= 0.3 is 0 Å². The quantitative estimate of drug-likeness (QED) is 0.714. The van der Waals surface area contributed by atoms with E-state index in [0.717, 1.165) is 18.0 Å². The van der Waals surface area contributed by atoms with Crippen molar-refractivity contribution in [1.29, 1.82) is 0 Å². The molecule has 1 saturated heterocycles. The molecule has 1 fully saturated rings. The topological polar surface area (TPSA) is 15.3 Å². The lowest BCUT2D eigenvalue weighted by Crippen LogP contribution is -2.35. The number of rotatable bonds is 3. The first kappa shape index (κ1) is 11.2. The van der Waals surface area contributed by atoms with Crippen LogP contribution in [0.2, 0.25) is 0 Å². The molecule has 0 aromatic heterocycles. The van der Waals surface area contributed by atoms with Crippen molar-refractivity contribution in [3.05, 3.63) is 12.2 Å². The van der Waals surface area contributed by atoms with Crippen molar-refractivity contribution in [2.24, 2.45) is 5.92 Å². The van der Waals surface area contributed by atoms with Crippen LogP contribution in [-0.2, 0) is 0 Å². The van der Waals surface area contributed by atoms with Crippen LogP contribution >= 0.6 is 0 Å². The third kappa shape index (κ3) is 3.05. The molecular formula is C13H24N2. The van der Waals surface area contributed by atoms with Crippen LogP contribution in [0.15, 0.2) is 12.2 Å². The summed E-state index contributed by atoms with van der Waals surface area (Å²) in [5.74, 6) is 0.885. The molecule has 0 aromatic carbocycles. The maximum absolute atomic E-state index is 3.74. The van der Waals surface area contributed by atoms with Crippen LogP contribution in [0.1, 0.15) is 32.6 Å². The molecule has 0 saturated carbocycles. The maximum Gasteiger partial charge on any atom is 0.0209 e. The van der Waals surface area contributed by atoms with Gasteiger partial charge < -0.3 is 10.2 Å². The Balaban J connectivity index is 1.68. The van der Waals surface area contributed by atoms with Gasteiger partial charge in [-0.2, -0.15) is 0 Å². The monoisotopic (exact) mass is 208 g/mol. The standard InChI is InChI=1S/C13H24N2/c1-11-8-13(10-15(11)2)14-9-12-6-4-3-5-7-12/h3-4,11-14H,5-10H2,1-2H3. The number of likely N-dealkylation sites (N-methyl/N-ethyl adjacent to an activating group) is 1. The predicted molar refractivity (Wildman–Crippen MR) is 65.0 cm³/mol. The normalized spacial score (nSPS) is 37.3. The van der Waals surface area contributed by atoms with Gasteiger partial charge in [0.2, 0.25) is 0 Å². The lowest BCUT2D eigenvalue weighted by atomic mass is 9.94. The maximum atomic E-state index is 3.74. The SMILES string of the molecule is CC1CC(NCC2CC=CCC2)CN1C. The summed E-state index contributed by atoms with van der Waals surface area (Å²) in [6.07, 6.45) is 9.93. The zero-order valence-electron chi connectivity index (χ0n) is 10.1. The molecule has 2 nitrogen and oxygen atoms in total. The van der Waals surface area contributed by atoms with Crippen LogP contribution in [0.5, 0.6) is 0 Å². The molecule has 1 aliphatic heterocycles. The molecule has 0 spiro atoms. The molecule has 0 amide bonds.